The molecule has 68 valence electrons. The topological polar surface area (TPSA) is 49.8 Å². The average molecular weight is 171 g/mol. The molecule has 4 heteroatoms. The van der Waals surface area contributed by atoms with E-state index in [-0.39, 0.29) is 11.9 Å². The van der Waals surface area contributed by atoms with Crippen LogP contribution in [-0.2, 0) is 9.53 Å². The molecule has 2 atom stereocenters. The van der Waals surface area contributed by atoms with E-state index in [0.717, 1.165) is 25.8 Å². The van der Waals surface area contributed by atoms with E-state index in [9.17, 15) is 4.79 Å². The van der Waals surface area contributed by atoms with Gasteiger partial charge in [-0.2, -0.15) is 0 Å². The van der Waals surface area contributed by atoms with Crippen LogP contribution in [0.25, 0.3) is 0 Å². The fraction of sp³-hybridized carbons (Fsp3) is 0.875. The van der Waals surface area contributed by atoms with Crippen molar-refractivity contribution in [2.45, 2.75) is 31.6 Å². The fourth-order valence-electron chi connectivity index (χ4n) is 1.88. The standard InChI is InChI=1S/C8H13NO3/c10-7-8(11)12-5-6-3-1-2-4-9(6)7/h6,8,11H,1-5H2. The zero-order chi connectivity index (χ0) is 8.55. The number of carbonyl (C=O) groups is 1. The lowest BCUT2D eigenvalue weighted by Crippen LogP contribution is -2.55. The van der Waals surface area contributed by atoms with Gasteiger partial charge < -0.3 is 14.7 Å². The third kappa shape index (κ3) is 1.21. The predicted octanol–water partition coefficient (Wildman–Crippen LogP) is -0.284. The zero-order valence-corrected chi connectivity index (χ0v) is 6.90. The van der Waals surface area contributed by atoms with Crippen molar-refractivity contribution in [3.8, 4) is 0 Å². The maximum atomic E-state index is 11.3. The first-order chi connectivity index (χ1) is 5.79. The molecule has 0 aromatic rings. The molecule has 2 aliphatic heterocycles. The summed E-state index contributed by atoms with van der Waals surface area (Å²) in [5, 5.41) is 9.10. The number of hydrogen-bond acceptors (Lipinski definition) is 3. The Morgan fingerprint density at radius 3 is 3.17 bits per heavy atom. The maximum Gasteiger partial charge on any atom is 0.279 e. The Hall–Kier alpha value is -0.610. The quantitative estimate of drug-likeness (QED) is 0.545. The van der Waals surface area contributed by atoms with E-state index in [1.807, 2.05) is 0 Å². The van der Waals surface area contributed by atoms with E-state index >= 15 is 0 Å². The SMILES string of the molecule is O=C1C(O)OCC2CCCCN12. The van der Waals surface area contributed by atoms with Crippen molar-refractivity contribution in [2.24, 2.45) is 0 Å². The van der Waals surface area contributed by atoms with Gasteiger partial charge in [0.15, 0.2) is 0 Å². The van der Waals surface area contributed by atoms with Gasteiger partial charge in [-0.15, -0.1) is 0 Å². The van der Waals surface area contributed by atoms with Crippen LogP contribution in [-0.4, -0.2) is 41.4 Å². The molecular formula is C8H13NO3. The minimum atomic E-state index is -1.21. The van der Waals surface area contributed by atoms with Crippen molar-refractivity contribution in [3.63, 3.8) is 0 Å². The van der Waals surface area contributed by atoms with Gasteiger partial charge in [0.25, 0.3) is 5.91 Å². The number of carbonyl (C=O) groups excluding carboxylic acids is 1. The second kappa shape index (κ2) is 3.03. The normalized spacial score (nSPS) is 36.4. The Morgan fingerprint density at radius 1 is 1.50 bits per heavy atom. The number of amides is 1. The number of hydrogen-bond donors (Lipinski definition) is 1. The molecule has 2 heterocycles. The Morgan fingerprint density at radius 2 is 2.33 bits per heavy atom. The summed E-state index contributed by atoms with van der Waals surface area (Å²) >= 11 is 0. The summed E-state index contributed by atoms with van der Waals surface area (Å²) < 4.78 is 4.92. The van der Waals surface area contributed by atoms with Gasteiger partial charge in [-0.25, -0.2) is 0 Å². The third-order valence-electron chi connectivity index (χ3n) is 2.57. The molecule has 12 heavy (non-hydrogen) atoms. The first-order valence-corrected chi connectivity index (χ1v) is 4.39. The third-order valence-corrected chi connectivity index (χ3v) is 2.57. The highest BCUT2D eigenvalue weighted by atomic mass is 16.6. The summed E-state index contributed by atoms with van der Waals surface area (Å²) in [6.45, 7) is 1.27. The van der Waals surface area contributed by atoms with Gasteiger partial charge >= 0.3 is 0 Å². The monoisotopic (exact) mass is 171 g/mol. The van der Waals surface area contributed by atoms with Crippen LogP contribution in [0.4, 0.5) is 0 Å². The molecule has 0 spiro atoms. The largest absolute Gasteiger partial charge is 0.361 e. The summed E-state index contributed by atoms with van der Waals surface area (Å²) in [6.07, 6.45) is 2.01. The molecule has 0 aromatic carbocycles. The lowest BCUT2D eigenvalue weighted by atomic mass is 10.0. The lowest BCUT2D eigenvalue weighted by Gasteiger charge is -2.40. The van der Waals surface area contributed by atoms with Crippen molar-refractivity contribution < 1.29 is 14.6 Å². The van der Waals surface area contributed by atoms with E-state index in [1.165, 1.54) is 0 Å². The Bertz CT molecular complexity index is 195. The molecule has 2 unspecified atom stereocenters. The number of aliphatic hydroxyl groups excluding tert-OH is 1. The van der Waals surface area contributed by atoms with Gasteiger partial charge in [0.2, 0.25) is 6.29 Å². The molecule has 1 amide bonds. The van der Waals surface area contributed by atoms with Crippen molar-refractivity contribution in [1.29, 1.82) is 0 Å². The lowest BCUT2D eigenvalue weighted by molar-refractivity contribution is -0.194. The second-order valence-corrected chi connectivity index (χ2v) is 3.37. The van der Waals surface area contributed by atoms with E-state index < -0.39 is 6.29 Å². The number of rotatable bonds is 0. The van der Waals surface area contributed by atoms with Crippen LogP contribution >= 0.6 is 0 Å². The molecule has 0 aromatic heterocycles. The van der Waals surface area contributed by atoms with Gasteiger partial charge in [-0.3, -0.25) is 4.79 Å². The van der Waals surface area contributed by atoms with Gasteiger partial charge in [0.1, 0.15) is 0 Å². The Balaban J connectivity index is 2.08. The van der Waals surface area contributed by atoms with Gasteiger partial charge in [0.05, 0.1) is 12.6 Å². The number of piperidine rings is 1. The summed E-state index contributed by atoms with van der Waals surface area (Å²) in [5.41, 5.74) is 0. The molecule has 0 saturated carbocycles. The molecule has 0 bridgehead atoms. The maximum absolute atomic E-state index is 11.3. The first kappa shape index (κ1) is 8.01. The van der Waals surface area contributed by atoms with Crippen LogP contribution < -0.4 is 0 Å². The van der Waals surface area contributed by atoms with Crippen molar-refractivity contribution in [3.05, 3.63) is 0 Å². The first-order valence-electron chi connectivity index (χ1n) is 4.39. The molecule has 0 aliphatic carbocycles. The van der Waals surface area contributed by atoms with Gasteiger partial charge in [0, 0.05) is 6.54 Å². The van der Waals surface area contributed by atoms with Crippen molar-refractivity contribution in [2.75, 3.05) is 13.2 Å². The Kier molecular flexibility index (Phi) is 2.02. The zero-order valence-electron chi connectivity index (χ0n) is 6.90. The van der Waals surface area contributed by atoms with Crippen molar-refractivity contribution >= 4 is 5.91 Å². The van der Waals surface area contributed by atoms with Gasteiger partial charge in [-0.05, 0) is 19.3 Å². The highest BCUT2D eigenvalue weighted by Crippen LogP contribution is 2.21. The highest BCUT2D eigenvalue weighted by molar-refractivity contribution is 5.80. The molecule has 2 aliphatic rings. The van der Waals surface area contributed by atoms with Crippen LogP contribution in [0, 0.1) is 0 Å². The fourth-order valence-corrected chi connectivity index (χ4v) is 1.88. The average Bonchev–Trinajstić information content (AvgIpc) is 2.12. The molecule has 2 rings (SSSR count). The van der Waals surface area contributed by atoms with Crippen LogP contribution in [0.15, 0.2) is 0 Å². The number of aliphatic hydroxyl groups is 1. The number of fused-ring (bicyclic) bond motifs is 1. The summed E-state index contributed by atoms with van der Waals surface area (Å²) in [6, 6.07) is 0.217. The van der Waals surface area contributed by atoms with E-state index in [0.29, 0.717) is 6.61 Å². The number of ether oxygens (including phenoxy) is 1. The van der Waals surface area contributed by atoms with E-state index in [4.69, 9.17) is 9.84 Å². The molecule has 2 fully saturated rings. The Labute approximate surface area is 71.1 Å². The smallest absolute Gasteiger partial charge is 0.279 e. The second-order valence-electron chi connectivity index (χ2n) is 3.37. The highest BCUT2D eigenvalue weighted by Gasteiger charge is 2.36. The van der Waals surface area contributed by atoms with Gasteiger partial charge in [-0.1, -0.05) is 0 Å². The molecular weight excluding hydrogens is 158 g/mol. The molecule has 2 saturated heterocycles. The van der Waals surface area contributed by atoms with Crippen LogP contribution in [0.2, 0.25) is 0 Å². The summed E-state index contributed by atoms with van der Waals surface area (Å²) in [7, 11) is 0. The minimum absolute atomic E-state index is 0.217. The molecule has 0 radical (unpaired) electrons. The minimum Gasteiger partial charge on any atom is -0.361 e. The van der Waals surface area contributed by atoms with E-state index in [2.05, 4.69) is 0 Å². The van der Waals surface area contributed by atoms with Crippen LogP contribution in [0.3, 0.4) is 0 Å². The number of morpholine rings is 1. The number of nitrogens with zero attached hydrogens (tertiary/aromatic N) is 1. The van der Waals surface area contributed by atoms with Crippen LogP contribution in [0.1, 0.15) is 19.3 Å². The summed E-state index contributed by atoms with van der Waals surface area (Å²) in [4.78, 5) is 13.1. The van der Waals surface area contributed by atoms with Crippen molar-refractivity contribution in [1.82, 2.24) is 4.90 Å². The molecule has 1 N–H and O–H groups in total. The predicted molar refractivity (Wildman–Crippen MR) is 41.3 cm³/mol. The summed E-state index contributed by atoms with van der Waals surface area (Å²) in [5.74, 6) is -0.258. The van der Waals surface area contributed by atoms with E-state index in [1.54, 1.807) is 4.90 Å². The van der Waals surface area contributed by atoms with Crippen LogP contribution in [0.5, 0.6) is 0 Å². The molecule has 4 nitrogen and oxygen atoms in total.